The lowest BCUT2D eigenvalue weighted by Gasteiger charge is -2.22. The zero-order valence-electron chi connectivity index (χ0n) is 10.7. The molecule has 1 aromatic carbocycles. The number of ether oxygens (including phenoxy) is 1. The van der Waals surface area contributed by atoms with Crippen LogP contribution >= 0.6 is 0 Å². The van der Waals surface area contributed by atoms with E-state index in [0.717, 1.165) is 12.1 Å². The van der Waals surface area contributed by atoms with Gasteiger partial charge in [-0.05, 0) is 25.5 Å². The van der Waals surface area contributed by atoms with E-state index in [2.05, 4.69) is 0 Å². The molecule has 0 bridgehead atoms. The predicted octanol–water partition coefficient (Wildman–Crippen LogP) is 1.80. The first-order chi connectivity index (χ1) is 8.99. The second-order valence-corrected chi connectivity index (χ2v) is 4.64. The summed E-state index contributed by atoms with van der Waals surface area (Å²) in [5.41, 5.74) is 4.65. The highest BCUT2D eigenvalue weighted by Crippen LogP contribution is 2.20. The van der Waals surface area contributed by atoms with Gasteiger partial charge in [-0.1, -0.05) is 0 Å². The minimum absolute atomic E-state index is 0.125. The SMILES string of the molecule is CC1CN(C(=O)c2cc(F)cc(N)c2F)CCCO1. The normalized spacial score (nSPS) is 20.2. The quantitative estimate of drug-likeness (QED) is 0.792. The van der Waals surface area contributed by atoms with Crippen LogP contribution in [0, 0.1) is 11.6 Å². The molecule has 6 heteroatoms. The highest BCUT2D eigenvalue weighted by molar-refractivity contribution is 5.95. The first-order valence-electron chi connectivity index (χ1n) is 6.14. The lowest BCUT2D eigenvalue weighted by molar-refractivity contribution is 0.0560. The number of anilines is 1. The summed E-state index contributed by atoms with van der Waals surface area (Å²) >= 11 is 0. The van der Waals surface area contributed by atoms with Crippen molar-refractivity contribution in [3.8, 4) is 0 Å². The molecule has 0 saturated carbocycles. The number of hydrogen-bond acceptors (Lipinski definition) is 3. The van der Waals surface area contributed by atoms with Crippen molar-refractivity contribution >= 4 is 11.6 Å². The van der Waals surface area contributed by atoms with Crippen LogP contribution in [0.5, 0.6) is 0 Å². The van der Waals surface area contributed by atoms with E-state index in [1.54, 1.807) is 0 Å². The number of hydrogen-bond donors (Lipinski definition) is 1. The first kappa shape index (κ1) is 13.7. The van der Waals surface area contributed by atoms with Crippen molar-refractivity contribution < 1.29 is 18.3 Å². The monoisotopic (exact) mass is 270 g/mol. The standard InChI is InChI=1S/C13H16F2N2O2/c1-8-7-17(3-2-4-19-8)13(18)10-5-9(14)6-11(16)12(10)15/h5-6,8H,2-4,7,16H2,1H3. The maximum absolute atomic E-state index is 13.8. The third-order valence-electron chi connectivity index (χ3n) is 3.04. The molecule has 2 rings (SSSR count). The van der Waals surface area contributed by atoms with E-state index in [1.807, 2.05) is 6.92 Å². The number of nitrogen functional groups attached to an aromatic ring is 1. The molecule has 0 spiro atoms. The van der Waals surface area contributed by atoms with Crippen molar-refractivity contribution in [2.75, 3.05) is 25.4 Å². The van der Waals surface area contributed by atoms with E-state index in [4.69, 9.17) is 10.5 Å². The minimum Gasteiger partial charge on any atom is -0.396 e. The van der Waals surface area contributed by atoms with Crippen LogP contribution in [0.1, 0.15) is 23.7 Å². The summed E-state index contributed by atoms with van der Waals surface area (Å²) in [5.74, 6) is -2.15. The fourth-order valence-electron chi connectivity index (χ4n) is 2.12. The third kappa shape index (κ3) is 3.01. The zero-order chi connectivity index (χ0) is 14.0. The Hall–Kier alpha value is -1.69. The molecule has 2 N–H and O–H groups in total. The zero-order valence-corrected chi connectivity index (χ0v) is 10.7. The molecule has 1 unspecified atom stereocenters. The van der Waals surface area contributed by atoms with Crippen molar-refractivity contribution in [2.45, 2.75) is 19.4 Å². The van der Waals surface area contributed by atoms with Crippen LogP contribution in [0.4, 0.5) is 14.5 Å². The van der Waals surface area contributed by atoms with E-state index in [-0.39, 0.29) is 17.4 Å². The number of carbonyl (C=O) groups excluding carboxylic acids is 1. The molecule has 1 saturated heterocycles. The smallest absolute Gasteiger partial charge is 0.257 e. The lowest BCUT2D eigenvalue weighted by Crippen LogP contribution is -2.36. The Balaban J connectivity index is 2.28. The number of carbonyl (C=O) groups is 1. The summed E-state index contributed by atoms with van der Waals surface area (Å²) < 4.78 is 32.5. The molecule has 1 amide bonds. The summed E-state index contributed by atoms with van der Waals surface area (Å²) in [6, 6.07) is 1.74. The molecule has 1 aliphatic rings. The largest absolute Gasteiger partial charge is 0.396 e. The van der Waals surface area contributed by atoms with Gasteiger partial charge in [0, 0.05) is 19.7 Å². The second kappa shape index (κ2) is 5.52. The molecule has 104 valence electrons. The molecule has 0 aliphatic carbocycles. The number of amides is 1. The number of benzene rings is 1. The second-order valence-electron chi connectivity index (χ2n) is 4.64. The van der Waals surface area contributed by atoms with Gasteiger partial charge in [-0.15, -0.1) is 0 Å². The molecule has 0 aromatic heterocycles. The van der Waals surface area contributed by atoms with E-state index in [9.17, 15) is 13.6 Å². The van der Waals surface area contributed by atoms with Gasteiger partial charge in [0.25, 0.3) is 5.91 Å². The molecule has 1 heterocycles. The van der Waals surface area contributed by atoms with Gasteiger partial charge in [-0.2, -0.15) is 0 Å². The van der Waals surface area contributed by atoms with Gasteiger partial charge in [0.05, 0.1) is 17.4 Å². The van der Waals surface area contributed by atoms with E-state index in [0.29, 0.717) is 26.1 Å². The molecule has 1 fully saturated rings. The van der Waals surface area contributed by atoms with Crippen LogP contribution in [-0.2, 0) is 4.74 Å². The van der Waals surface area contributed by atoms with Crippen LogP contribution in [0.3, 0.4) is 0 Å². The van der Waals surface area contributed by atoms with Crippen LogP contribution in [-0.4, -0.2) is 36.6 Å². The van der Waals surface area contributed by atoms with Crippen molar-refractivity contribution in [2.24, 2.45) is 0 Å². The van der Waals surface area contributed by atoms with Crippen molar-refractivity contribution in [3.63, 3.8) is 0 Å². The number of nitrogens with zero attached hydrogens (tertiary/aromatic N) is 1. The highest BCUT2D eigenvalue weighted by atomic mass is 19.1. The molecule has 4 nitrogen and oxygen atoms in total. The van der Waals surface area contributed by atoms with Crippen LogP contribution in [0.15, 0.2) is 12.1 Å². The average Bonchev–Trinajstić information content (AvgIpc) is 2.57. The Bertz CT molecular complexity index is 494. The number of nitrogens with two attached hydrogens (primary N) is 1. The summed E-state index contributed by atoms with van der Waals surface area (Å²) in [4.78, 5) is 13.7. The van der Waals surface area contributed by atoms with Crippen LogP contribution in [0.25, 0.3) is 0 Å². The third-order valence-corrected chi connectivity index (χ3v) is 3.04. The van der Waals surface area contributed by atoms with Gasteiger partial charge in [0.15, 0.2) is 5.82 Å². The van der Waals surface area contributed by atoms with Gasteiger partial charge < -0.3 is 15.4 Å². The van der Waals surface area contributed by atoms with E-state index < -0.39 is 17.5 Å². The van der Waals surface area contributed by atoms with Crippen LogP contribution < -0.4 is 5.73 Å². The maximum Gasteiger partial charge on any atom is 0.257 e. The van der Waals surface area contributed by atoms with Gasteiger partial charge in [-0.3, -0.25) is 4.79 Å². The van der Waals surface area contributed by atoms with Gasteiger partial charge in [0.1, 0.15) is 5.82 Å². The minimum atomic E-state index is -0.871. The predicted molar refractivity (Wildman–Crippen MR) is 66.7 cm³/mol. The Labute approximate surface area is 110 Å². The molecule has 19 heavy (non-hydrogen) atoms. The molecule has 1 aromatic rings. The molecular formula is C13H16F2N2O2. The summed E-state index contributed by atoms with van der Waals surface area (Å²) in [5, 5.41) is 0. The molecule has 1 atom stereocenters. The Morgan fingerprint density at radius 2 is 2.21 bits per heavy atom. The Kier molecular flexibility index (Phi) is 3.99. The van der Waals surface area contributed by atoms with Gasteiger partial charge in [0.2, 0.25) is 0 Å². The van der Waals surface area contributed by atoms with Gasteiger partial charge in [-0.25, -0.2) is 8.78 Å². The molecule has 0 radical (unpaired) electrons. The maximum atomic E-state index is 13.8. The van der Waals surface area contributed by atoms with E-state index in [1.165, 1.54) is 4.90 Å². The average molecular weight is 270 g/mol. The number of halogens is 2. The van der Waals surface area contributed by atoms with Crippen LogP contribution in [0.2, 0.25) is 0 Å². The Morgan fingerprint density at radius 3 is 2.95 bits per heavy atom. The summed E-state index contributed by atoms with van der Waals surface area (Å²) in [6.45, 7) is 3.20. The Morgan fingerprint density at radius 1 is 1.47 bits per heavy atom. The van der Waals surface area contributed by atoms with Crippen molar-refractivity contribution in [1.82, 2.24) is 4.90 Å². The van der Waals surface area contributed by atoms with Crippen molar-refractivity contribution in [3.05, 3.63) is 29.3 Å². The highest BCUT2D eigenvalue weighted by Gasteiger charge is 2.24. The van der Waals surface area contributed by atoms with Crippen molar-refractivity contribution in [1.29, 1.82) is 0 Å². The fraction of sp³-hybridized carbons (Fsp3) is 0.462. The molecular weight excluding hydrogens is 254 g/mol. The summed E-state index contributed by atoms with van der Waals surface area (Å²) in [7, 11) is 0. The topological polar surface area (TPSA) is 55.6 Å². The van der Waals surface area contributed by atoms with Gasteiger partial charge >= 0.3 is 0 Å². The fourth-order valence-corrected chi connectivity index (χ4v) is 2.12. The summed E-state index contributed by atoms with van der Waals surface area (Å²) in [6.07, 6.45) is 0.545. The first-order valence-corrected chi connectivity index (χ1v) is 6.14. The van der Waals surface area contributed by atoms with E-state index >= 15 is 0 Å². The molecule has 1 aliphatic heterocycles. The lowest BCUT2D eigenvalue weighted by atomic mass is 10.1. The number of rotatable bonds is 1.